The molecule has 8 nitrogen and oxygen atoms in total. The van der Waals surface area contributed by atoms with E-state index in [0.717, 1.165) is 0 Å². The summed E-state index contributed by atoms with van der Waals surface area (Å²) in [6.45, 7) is 1.72. The average Bonchev–Trinajstić information content (AvgIpc) is 2.93. The number of benzene rings is 2. The van der Waals surface area contributed by atoms with Crippen LogP contribution in [0.25, 0.3) is 16.8 Å². The number of amides is 1. The Labute approximate surface area is 223 Å². The van der Waals surface area contributed by atoms with Gasteiger partial charge < -0.3 is 9.88 Å². The van der Waals surface area contributed by atoms with Crippen molar-refractivity contribution in [2.24, 2.45) is 4.36 Å². The smallest absolute Gasteiger partial charge is 0.263 e. The zero-order chi connectivity index (χ0) is 28.2. The molecular weight excluding hydrogens is 524 g/mol. The number of hydrogen-bond donors (Lipinski definition) is 1. The SMILES string of the molecule is Cc1c(-c2cccc(C(F)F)c2)c(=O)c(C(=O)NCc2ccc(S(C)(=O)=NC#N)cc2)cn1-c1cccnc1. The largest absolute Gasteiger partial charge is 0.348 e. The summed E-state index contributed by atoms with van der Waals surface area (Å²) in [6, 6.07) is 15.3. The number of pyridine rings is 2. The van der Waals surface area contributed by atoms with Gasteiger partial charge >= 0.3 is 0 Å². The molecule has 1 amide bonds. The number of nitrogens with one attached hydrogen (secondary N) is 1. The minimum atomic E-state index is -2.85. The molecule has 1 unspecified atom stereocenters. The molecule has 4 rings (SSSR count). The monoisotopic (exact) mass is 547 g/mol. The second kappa shape index (κ2) is 11.4. The van der Waals surface area contributed by atoms with Crippen LogP contribution in [0.15, 0.2) is 93.3 Å². The molecule has 0 radical (unpaired) electrons. The summed E-state index contributed by atoms with van der Waals surface area (Å²) in [5.41, 5.74) is 1.06. The van der Waals surface area contributed by atoms with Crippen molar-refractivity contribution in [1.29, 1.82) is 5.26 Å². The fraction of sp³-hybridized carbons (Fsp3) is 0.143. The Balaban J connectivity index is 1.73. The predicted molar refractivity (Wildman–Crippen MR) is 143 cm³/mol. The number of hydrogen-bond acceptors (Lipinski definition) is 6. The van der Waals surface area contributed by atoms with Crippen LogP contribution in [0, 0.1) is 18.4 Å². The van der Waals surface area contributed by atoms with Crippen molar-refractivity contribution in [3.63, 3.8) is 0 Å². The minimum Gasteiger partial charge on any atom is -0.348 e. The van der Waals surface area contributed by atoms with E-state index in [1.54, 1.807) is 72.5 Å². The van der Waals surface area contributed by atoms with E-state index in [4.69, 9.17) is 5.26 Å². The first-order valence-electron chi connectivity index (χ1n) is 11.6. The Morgan fingerprint density at radius 1 is 1.18 bits per heavy atom. The van der Waals surface area contributed by atoms with E-state index in [2.05, 4.69) is 14.7 Å². The highest BCUT2D eigenvalue weighted by Gasteiger charge is 2.21. The second-order valence-electron chi connectivity index (χ2n) is 8.66. The quantitative estimate of drug-likeness (QED) is 0.326. The number of alkyl halides is 2. The van der Waals surface area contributed by atoms with Gasteiger partial charge in [-0.15, -0.1) is 4.36 Å². The van der Waals surface area contributed by atoms with Crippen LogP contribution in [0.2, 0.25) is 0 Å². The lowest BCUT2D eigenvalue weighted by molar-refractivity contribution is 0.0949. The molecule has 0 aliphatic carbocycles. The first-order chi connectivity index (χ1) is 18.6. The summed E-state index contributed by atoms with van der Waals surface area (Å²) < 4.78 is 44.3. The molecule has 1 N–H and O–H groups in total. The Morgan fingerprint density at radius 2 is 1.92 bits per heavy atom. The van der Waals surface area contributed by atoms with Crippen LogP contribution < -0.4 is 10.7 Å². The molecule has 0 saturated carbocycles. The summed E-state index contributed by atoms with van der Waals surface area (Å²) in [4.78, 5) is 31.3. The van der Waals surface area contributed by atoms with E-state index in [-0.39, 0.29) is 28.8 Å². The van der Waals surface area contributed by atoms with Gasteiger partial charge in [0.15, 0.2) is 0 Å². The maximum atomic E-state index is 13.6. The van der Waals surface area contributed by atoms with Gasteiger partial charge in [-0.1, -0.05) is 30.3 Å². The van der Waals surface area contributed by atoms with Crippen LogP contribution in [-0.4, -0.2) is 25.9 Å². The van der Waals surface area contributed by atoms with Gasteiger partial charge in [-0.25, -0.2) is 13.0 Å². The highest BCUT2D eigenvalue weighted by Crippen LogP contribution is 2.27. The van der Waals surface area contributed by atoms with Crippen LogP contribution in [0.4, 0.5) is 8.78 Å². The molecule has 198 valence electrons. The maximum Gasteiger partial charge on any atom is 0.263 e. The number of nitrogens with zero attached hydrogens (tertiary/aromatic N) is 4. The van der Waals surface area contributed by atoms with Gasteiger partial charge in [0.2, 0.25) is 11.6 Å². The lowest BCUT2D eigenvalue weighted by Gasteiger charge is -2.17. The number of halogens is 2. The molecule has 0 aliphatic rings. The number of carbonyl (C=O) groups is 1. The average molecular weight is 548 g/mol. The molecular formula is C28H23F2N5O3S. The van der Waals surface area contributed by atoms with Crippen molar-refractivity contribution < 1.29 is 17.8 Å². The second-order valence-corrected chi connectivity index (χ2v) is 10.9. The van der Waals surface area contributed by atoms with Gasteiger partial charge in [0, 0.05) is 46.9 Å². The Kier molecular flexibility index (Phi) is 7.97. The van der Waals surface area contributed by atoms with Gasteiger partial charge in [-0.2, -0.15) is 5.26 Å². The van der Waals surface area contributed by atoms with Gasteiger partial charge in [0.05, 0.1) is 21.6 Å². The van der Waals surface area contributed by atoms with Crippen molar-refractivity contribution in [3.05, 3.63) is 112 Å². The standard InChI is InChI=1S/C28H23F2N5O3S/c1-18-25(20-5-3-6-21(13-20)27(29)30)26(36)24(16-35(18)22-7-4-12-32-15-22)28(37)33-14-19-8-10-23(11-9-19)39(2,38)34-17-31/h3-13,15-16,27H,14H2,1-2H3,(H,33,37). The molecule has 0 spiro atoms. The van der Waals surface area contributed by atoms with Crippen LogP contribution in [0.5, 0.6) is 0 Å². The summed E-state index contributed by atoms with van der Waals surface area (Å²) in [5.74, 6) is -0.660. The third-order valence-corrected chi connectivity index (χ3v) is 7.65. The molecule has 39 heavy (non-hydrogen) atoms. The number of rotatable bonds is 7. The summed E-state index contributed by atoms with van der Waals surface area (Å²) in [5, 5.41) is 11.4. The Morgan fingerprint density at radius 3 is 2.56 bits per heavy atom. The van der Waals surface area contributed by atoms with E-state index in [0.29, 0.717) is 21.8 Å². The van der Waals surface area contributed by atoms with Crippen molar-refractivity contribution in [1.82, 2.24) is 14.9 Å². The van der Waals surface area contributed by atoms with Crippen LogP contribution in [0.1, 0.15) is 33.6 Å². The number of aromatic nitrogens is 2. The summed E-state index contributed by atoms with van der Waals surface area (Å²) in [6.07, 6.45) is 4.73. The topological polar surface area (TPSA) is 117 Å². The fourth-order valence-electron chi connectivity index (χ4n) is 4.07. The number of nitriles is 1. The van der Waals surface area contributed by atoms with Crippen LogP contribution in [-0.2, 0) is 16.3 Å². The molecule has 11 heteroatoms. The van der Waals surface area contributed by atoms with Crippen LogP contribution in [0.3, 0.4) is 0 Å². The minimum absolute atomic E-state index is 0.0514. The van der Waals surface area contributed by atoms with E-state index >= 15 is 0 Å². The lowest BCUT2D eigenvalue weighted by atomic mass is 9.99. The van der Waals surface area contributed by atoms with E-state index < -0.39 is 27.5 Å². The third-order valence-electron chi connectivity index (χ3n) is 6.08. The van der Waals surface area contributed by atoms with Gasteiger partial charge in [-0.05, 0) is 48.4 Å². The Hall–Kier alpha value is -4.69. The maximum absolute atomic E-state index is 13.6. The molecule has 4 aromatic rings. The van der Waals surface area contributed by atoms with Crippen molar-refractivity contribution >= 4 is 15.6 Å². The highest BCUT2D eigenvalue weighted by atomic mass is 32.2. The normalized spacial score (nSPS) is 12.4. The molecule has 2 heterocycles. The molecule has 0 aliphatic heterocycles. The highest BCUT2D eigenvalue weighted by molar-refractivity contribution is 7.93. The van der Waals surface area contributed by atoms with Gasteiger partial charge in [0.1, 0.15) is 5.56 Å². The van der Waals surface area contributed by atoms with E-state index in [9.17, 15) is 22.6 Å². The molecule has 0 fully saturated rings. The first kappa shape index (κ1) is 27.3. The van der Waals surface area contributed by atoms with Crippen LogP contribution >= 0.6 is 0 Å². The third kappa shape index (κ3) is 5.91. The summed E-state index contributed by atoms with van der Waals surface area (Å²) in [7, 11) is -2.85. The molecule has 1 atom stereocenters. The van der Waals surface area contributed by atoms with E-state index in [1.165, 1.54) is 30.7 Å². The number of carbonyl (C=O) groups excluding carboxylic acids is 1. The van der Waals surface area contributed by atoms with Gasteiger partial charge in [0.25, 0.3) is 12.3 Å². The van der Waals surface area contributed by atoms with Crippen molar-refractivity contribution in [3.8, 4) is 23.0 Å². The zero-order valence-electron chi connectivity index (χ0n) is 21.0. The summed E-state index contributed by atoms with van der Waals surface area (Å²) >= 11 is 0. The van der Waals surface area contributed by atoms with Crippen molar-refractivity contribution in [2.45, 2.75) is 24.8 Å². The molecule has 0 saturated heterocycles. The molecule has 2 aromatic carbocycles. The molecule has 0 bridgehead atoms. The van der Waals surface area contributed by atoms with Crippen molar-refractivity contribution in [2.75, 3.05) is 6.26 Å². The fourth-order valence-corrected chi connectivity index (χ4v) is 4.97. The lowest BCUT2D eigenvalue weighted by Crippen LogP contribution is -2.30. The predicted octanol–water partition coefficient (Wildman–Crippen LogP) is 5.01. The first-order valence-corrected chi connectivity index (χ1v) is 13.6. The van der Waals surface area contributed by atoms with E-state index in [1.807, 2.05) is 0 Å². The van der Waals surface area contributed by atoms with Gasteiger partial charge in [-0.3, -0.25) is 14.6 Å². The zero-order valence-corrected chi connectivity index (χ0v) is 21.8. The molecule has 2 aromatic heterocycles. The Bertz CT molecular complexity index is 1760.